The van der Waals surface area contributed by atoms with Gasteiger partial charge in [-0.3, -0.25) is 9.59 Å². The highest BCUT2D eigenvalue weighted by molar-refractivity contribution is 6.32. The predicted octanol–water partition coefficient (Wildman–Crippen LogP) is 4.09. The molecule has 0 atom stereocenters. The number of carbonyl (C=O) groups is 2. The summed E-state index contributed by atoms with van der Waals surface area (Å²) in [4.78, 5) is 35.6. The summed E-state index contributed by atoms with van der Waals surface area (Å²) in [7, 11) is 1.39. The molecule has 2 amide bonds. The Morgan fingerprint density at radius 1 is 1.27 bits per heavy atom. The molecule has 0 radical (unpaired) electrons. The fourth-order valence-corrected chi connectivity index (χ4v) is 3.44. The number of nitrogens with one attached hydrogen (secondary N) is 2. The molecular weight excluding hydrogens is 521 g/mol. The Hall–Kier alpha value is -4.14. The minimum Gasteiger partial charge on any atom is -0.480 e. The van der Waals surface area contributed by atoms with Gasteiger partial charge >= 0.3 is 0 Å². The average molecular weight is 544 g/mol. The lowest BCUT2D eigenvalue weighted by Crippen LogP contribution is -2.27. The monoisotopic (exact) mass is 543 g/mol. The van der Waals surface area contributed by atoms with Crippen LogP contribution < -0.4 is 15.4 Å². The summed E-state index contributed by atoms with van der Waals surface area (Å²) in [6, 6.07) is 9.22. The fourth-order valence-electron chi connectivity index (χ4n) is 3.02. The van der Waals surface area contributed by atoms with Crippen LogP contribution in [-0.4, -0.2) is 53.1 Å². The van der Waals surface area contributed by atoms with Crippen molar-refractivity contribution in [1.82, 2.24) is 20.1 Å². The number of benzene rings is 1. The molecule has 0 unspecified atom stereocenters. The second-order valence-electron chi connectivity index (χ2n) is 7.92. The zero-order valence-corrected chi connectivity index (χ0v) is 21.7. The van der Waals surface area contributed by atoms with Gasteiger partial charge in [0.05, 0.1) is 41.7 Å². The van der Waals surface area contributed by atoms with E-state index in [1.165, 1.54) is 42.4 Å². The third kappa shape index (κ3) is 6.97. The summed E-state index contributed by atoms with van der Waals surface area (Å²) in [5, 5.41) is 23.3. The highest BCUT2D eigenvalue weighted by Crippen LogP contribution is 2.28. The number of halogens is 2. The third-order valence-electron chi connectivity index (χ3n) is 4.69. The van der Waals surface area contributed by atoms with Gasteiger partial charge in [0.25, 0.3) is 11.8 Å². The summed E-state index contributed by atoms with van der Waals surface area (Å²) >= 11 is 12.4. The van der Waals surface area contributed by atoms with Crippen molar-refractivity contribution in [3.05, 3.63) is 63.4 Å². The molecule has 0 spiro atoms. The molecule has 3 rings (SSSR count). The molecule has 0 aliphatic heterocycles. The first kappa shape index (κ1) is 27.4. The summed E-state index contributed by atoms with van der Waals surface area (Å²) < 4.78 is 6.37. The standard InChI is InChI=1S/C24H23Cl2N7O4/c1-14(2)13-37-30-8-7-29-23(34)17-10-16(25)9-15(12-27)21(17)31-24(35)19-11-20(36-3)32-33(19)22-18(26)5-4-6-28-22/h4-6,8-11,14H,7,13H2,1-3H3,(H,29,34)(H,31,35)/b30-8+. The van der Waals surface area contributed by atoms with Crippen LogP contribution in [0.3, 0.4) is 0 Å². The predicted molar refractivity (Wildman–Crippen MR) is 139 cm³/mol. The van der Waals surface area contributed by atoms with E-state index in [2.05, 4.69) is 25.9 Å². The second-order valence-corrected chi connectivity index (χ2v) is 8.77. The molecule has 2 aromatic heterocycles. The minimum atomic E-state index is -0.700. The first-order valence-corrected chi connectivity index (χ1v) is 11.7. The molecule has 2 N–H and O–H groups in total. The lowest BCUT2D eigenvalue weighted by Gasteiger charge is -2.14. The molecule has 1 aromatic carbocycles. The van der Waals surface area contributed by atoms with Crippen molar-refractivity contribution in [2.75, 3.05) is 25.6 Å². The number of pyridine rings is 1. The summed E-state index contributed by atoms with van der Waals surface area (Å²) in [6.07, 6.45) is 2.87. The van der Waals surface area contributed by atoms with Crippen LogP contribution in [0.4, 0.5) is 5.69 Å². The number of ether oxygens (including phenoxy) is 1. The van der Waals surface area contributed by atoms with Gasteiger partial charge in [0.1, 0.15) is 18.4 Å². The Morgan fingerprint density at radius 2 is 2.05 bits per heavy atom. The quantitative estimate of drug-likeness (QED) is 0.289. The molecule has 37 heavy (non-hydrogen) atoms. The number of amides is 2. The van der Waals surface area contributed by atoms with E-state index in [0.717, 1.165) is 0 Å². The fraction of sp³-hybridized carbons (Fsp3) is 0.250. The number of nitriles is 1. The van der Waals surface area contributed by atoms with Crippen molar-refractivity contribution in [3.8, 4) is 17.8 Å². The molecule has 0 fully saturated rings. The molecule has 13 heteroatoms. The number of nitrogens with zero attached hydrogens (tertiary/aromatic N) is 5. The topological polar surface area (TPSA) is 144 Å². The maximum atomic E-state index is 13.4. The van der Waals surface area contributed by atoms with Crippen LogP contribution in [0, 0.1) is 17.2 Å². The van der Waals surface area contributed by atoms with Crippen LogP contribution in [0.25, 0.3) is 5.82 Å². The number of hydrogen-bond acceptors (Lipinski definition) is 8. The van der Waals surface area contributed by atoms with Gasteiger partial charge in [-0.1, -0.05) is 42.2 Å². The number of rotatable bonds is 10. The van der Waals surface area contributed by atoms with Gasteiger partial charge < -0.3 is 20.2 Å². The SMILES string of the molecule is COc1cc(C(=O)Nc2c(C#N)cc(Cl)cc2C(=O)NC/C=N/OCC(C)C)n(-c2ncccc2Cl)n1. The number of oxime groups is 1. The zero-order chi connectivity index (χ0) is 26.9. The van der Waals surface area contributed by atoms with E-state index in [1.54, 1.807) is 12.1 Å². The van der Waals surface area contributed by atoms with Gasteiger partial charge in [0, 0.05) is 17.3 Å². The molecule has 0 aliphatic carbocycles. The molecule has 0 bridgehead atoms. The number of hydrogen-bond donors (Lipinski definition) is 2. The summed E-state index contributed by atoms with van der Waals surface area (Å²) in [5.74, 6) is -0.678. The smallest absolute Gasteiger partial charge is 0.274 e. The molecule has 2 heterocycles. The molecule has 11 nitrogen and oxygen atoms in total. The van der Waals surface area contributed by atoms with E-state index < -0.39 is 11.8 Å². The highest BCUT2D eigenvalue weighted by Gasteiger charge is 2.24. The first-order valence-electron chi connectivity index (χ1n) is 11.0. The van der Waals surface area contributed by atoms with Crippen LogP contribution >= 0.6 is 23.2 Å². The summed E-state index contributed by atoms with van der Waals surface area (Å²) in [5.41, 5.74) is -0.0880. The van der Waals surface area contributed by atoms with Crippen LogP contribution in [0.2, 0.25) is 10.0 Å². The first-order chi connectivity index (χ1) is 17.7. The lowest BCUT2D eigenvalue weighted by atomic mass is 10.1. The minimum absolute atomic E-state index is 0.00270. The molecular formula is C24H23Cl2N7O4. The van der Waals surface area contributed by atoms with E-state index in [0.29, 0.717) is 12.5 Å². The van der Waals surface area contributed by atoms with Crippen molar-refractivity contribution < 1.29 is 19.2 Å². The van der Waals surface area contributed by atoms with Gasteiger partial charge in [-0.05, 0) is 30.2 Å². The Kier molecular flexibility index (Phi) is 9.43. The Morgan fingerprint density at radius 3 is 2.73 bits per heavy atom. The van der Waals surface area contributed by atoms with Gasteiger partial charge in [-0.15, -0.1) is 5.10 Å². The third-order valence-corrected chi connectivity index (χ3v) is 5.20. The van der Waals surface area contributed by atoms with E-state index >= 15 is 0 Å². The average Bonchev–Trinajstić information content (AvgIpc) is 3.31. The van der Waals surface area contributed by atoms with Crippen molar-refractivity contribution >= 4 is 46.9 Å². The van der Waals surface area contributed by atoms with Crippen molar-refractivity contribution in [3.63, 3.8) is 0 Å². The van der Waals surface area contributed by atoms with Gasteiger partial charge in [0.15, 0.2) is 5.82 Å². The van der Waals surface area contributed by atoms with Crippen LogP contribution in [0.1, 0.15) is 40.3 Å². The van der Waals surface area contributed by atoms with Crippen molar-refractivity contribution in [2.45, 2.75) is 13.8 Å². The number of anilines is 1. The van der Waals surface area contributed by atoms with Crippen LogP contribution in [-0.2, 0) is 4.84 Å². The van der Waals surface area contributed by atoms with Crippen LogP contribution in [0.5, 0.6) is 5.88 Å². The normalized spacial score (nSPS) is 10.8. The van der Waals surface area contributed by atoms with Crippen molar-refractivity contribution in [2.24, 2.45) is 11.1 Å². The second kappa shape index (κ2) is 12.7. The maximum absolute atomic E-state index is 13.4. The van der Waals surface area contributed by atoms with Gasteiger partial charge in [-0.25, -0.2) is 9.67 Å². The van der Waals surface area contributed by atoms with Gasteiger partial charge in [0.2, 0.25) is 5.88 Å². The molecule has 192 valence electrons. The number of methoxy groups -OCH3 is 1. The van der Waals surface area contributed by atoms with E-state index in [-0.39, 0.29) is 50.8 Å². The molecule has 0 aliphatic rings. The molecule has 3 aromatic rings. The lowest BCUT2D eigenvalue weighted by molar-refractivity contribution is 0.0958. The molecule has 0 saturated carbocycles. The number of aromatic nitrogens is 3. The van der Waals surface area contributed by atoms with E-state index in [1.807, 2.05) is 19.9 Å². The van der Waals surface area contributed by atoms with E-state index in [4.69, 9.17) is 32.8 Å². The largest absolute Gasteiger partial charge is 0.480 e. The van der Waals surface area contributed by atoms with Crippen LogP contribution in [0.15, 0.2) is 41.7 Å². The van der Waals surface area contributed by atoms with Gasteiger partial charge in [-0.2, -0.15) is 5.26 Å². The molecule has 0 saturated heterocycles. The number of carbonyl (C=O) groups excluding carboxylic acids is 2. The maximum Gasteiger partial charge on any atom is 0.274 e. The zero-order valence-electron chi connectivity index (χ0n) is 20.2. The van der Waals surface area contributed by atoms with Crippen molar-refractivity contribution in [1.29, 1.82) is 5.26 Å². The Labute approximate surface area is 223 Å². The van der Waals surface area contributed by atoms with E-state index in [9.17, 15) is 14.9 Å². The Bertz CT molecular complexity index is 1370. The summed E-state index contributed by atoms with van der Waals surface area (Å²) in [6.45, 7) is 4.44. The Balaban J connectivity index is 1.91. The highest BCUT2D eigenvalue weighted by atomic mass is 35.5.